The fourth-order valence-corrected chi connectivity index (χ4v) is 3.56. The molecule has 1 aromatic heterocycles. The molecular weight excluding hydrogens is 330 g/mol. The number of anilines is 2. The maximum absolute atomic E-state index is 11.5. The summed E-state index contributed by atoms with van der Waals surface area (Å²) in [7, 11) is 0. The Labute approximate surface area is 143 Å². The Morgan fingerprint density at radius 2 is 1.87 bits per heavy atom. The first-order valence-corrected chi connectivity index (χ1v) is 8.79. The highest BCUT2D eigenvalue weighted by Gasteiger charge is 2.14. The highest BCUT2D eigenvalue weighted by Crippen LogP contribution is 2.34. The molecule has 2 aromatic rings. The Kier molecular flexibility index (Phi) is 5.79. The van der Waals surface area contributed by atoms with Gasteiger partial charge in [-0.2, -0.15) is 0 Å². The van der Waals surface area contributed by atoms with Crippen molar-refractivity contribution in [3.63, 3.8) is 0 Å². The van der Waals surface area contributed by atoms with Gasteiger partial charge in [-0.15, -0.1) is 10.2 Å². The minimum atomic E-state index is -0.191. The summed E-state index contributed by atoms with van der Waals surface area (Å²) in [5.74, 6) is 0.299. The quantitative estimate of drug-likeness (QED) is 0.440. The van der Waals surface area contributed by atoms with Crippen LogP contribution < -0.4 is 5.32 Å². The molecule has 23 heavy (non-hydrogen) atoms. The average Bonchev–Trinajstić information content (AvgIpc) is 2.92. The van der Waals surface area contributed by atoms with Crippen LogP contribution in [0.15, 0.2) is 39.3 Å². The maximum atomic E-state index is 11.5. The molecule has 0 aliphatic carbocycles. The third-order valence-corrected chi connectivity index (χ3v) is 5.25. The molecule has 0 saturated carbocycles. The zero-order chi connectivity index (χ0) is 17.0. The first-order valence-electron chi connectivity index (χ1n) is 7.16. The second-order valence-corrected chi connectivity index (χ2v) is 7.58. The van der Waals surface area contributed by atoms with Gasteiger partial charge in [-0.25, -0.2) is 0 Å². The number of aliphatic hydroxyl groups excluding tert-OH is 1. The van der Waals surface area contributed by atoms with E-state index in [-0.39, 0.29) is 16.4 Å². The number of nitrogens with zero attached hydrogens (tertiary/aromatic N) is 2. The number of hydrogen-bond donors (Lipinski definition) is 2. The number of aromatic nitrogens is 2. The number of allylic oxidation sites excluding steroid dienone is 2. The van der Waals surface area contributed by atoms with Gasteiger partial charge < -0.3 is 10.4 Å². The van der Waals surface area contributed by atoms with Gasteiger partial charge in [0.2, 0.25) is 5.13 Å². The number of thioether (sulfide) groups is 1. The molecule has 1 aromatic carbocycles. The van der Waals surface area contributed by atoms with Crippen LogP contribution in [0.1, 0.15) is 39.2 Å². The Balaban J connectivity index is 2.07. The van der Waals surface area contributed by atoms with Gasteiger partial charge >= 0.3 is 0 Å². The van der Waals surface area contributed by atoms with Crippen LogP contribution in [0.5, 0.6) is 0 Å². The lowest BCUT2D eigenvalue weighted by molar-refractivity contribution is -0.113. The van der Waals surface area contributed by atoms with Crippen molar-refractivity contribution >= 4 is 39.7 Å². The van der Waals surface area contributed by atoms with Gasteiger partial charge in [0.15, 0.2) is 10.1 Å². The number of benzene rings is 1. The van der Waals surface area contributed by atoms with E-state index in [0.717, 1.165) is 17.4 Å². The van der Waals surface area contributed by atoms with Gasteiger partial charge in [-0.3, -0.25) is 4.79 Å². The van der Waals surface area contributed by atoms with E-state index in [0.29, 0.717) is 15.4 Å². The SMILES string of the molecule is CC(=O)/C(Sc1nnc(Nc2ccc(C(C)C)cc2)s1)=C(\C)O. The summed E-state index contributed by atoms with van der Waals surface area (Å²) < 4.78 is 0.602. The van der Waals surface area contributed by atoms with Crippen LogP contribution in [0.2, 0.25) is 0 Å². The number of nitrogens with one attached hydrogen (secondary N) is 1. The van der Waals surface area contributed by atoms with Gasteiger partial charge in [0.25, 0.3) is 0 Å². The molecule has 0 radical (unpaired) electrons. The van der Waals surface area contributed by atoms with Crippen LogP contribution in [0.3, 0.4) is 0 Å². The first kappa shape index (κ1) is 17.5. The van der Waals surface area contributed by atoms with E-state index in [1.54, 1.807) is 0 Å². The molecule has 0 saturated heterocycles. The minimum Gasteiger partial charge on any atom is -0.511 e. The van der Waals surface area contributed by atoms with Gasteiger partial charge in [-0.1, -0.05) is 37.3 Å². The molecule has 0 amide bonds. The number of Topliss-reactive ketones (excluding diaryl/α,β-unsaturated/α-hetero) is 1. The fourth-order valence-electron chi connectivity index (χ4n) is 1.86. The van der Waals surface area contributed by atoms with Gasteiger partial charge in [0.05, 0.1) is 4.91 Å². The maximum Gasteiger partial charge on any atom is 0.210 e. The van der Waals surface area contributed by atoms with Crippen molar-refractivity contribution in [3.05, 3.63) is 40.5 Å². The van der Waals surface area contributed by atoms with Crippen molar-refractivity contribution in [2.45, 2.75) is 38.0 Å². The predicted octanol–water partition coefficient (Wildman–Crippen LogP) is 4.88. The molecule has 0 fully saturated rings. The van der Waals surface area contributed by atoms with Crippen LogP contribution in [-0.2, 0) is 4.79 Å². The zero-order valence-electron chi connectivity index (χ0n) is 13.5. The highest BCUT2D eigenvalue weighted by molar-refractivity contribution is 8.05. The zero-order valence-corrected chi connectivity index (χ0v) is 15.1. The summed E-state index contributed by atoms with van der Waals surface area (Å²) in [5, 5.41) is 21.5. The van der Waals surface area contributed by atoms with Crippen molar-refractivity contribution in [3.8, 4) is 0 Å². The largest absolute Gasteiger partial charge is 0.511 e. The summed E-state index contributed by atoms with van der Waals surface area (Å²) in [4.78, 5) is 11.8. The second-order valence-electron chi connectivity index (χ2n) is 5.35. The molecule has 0 spiro atoms. The van der Waals surface area contributed by atoms with Crippen molar-refractivity contribution in [1.29, 1.82) is 0 Å². The lowest BCUT2D eigenvalue weighted by Gasteiger charge is -2.06. The lowest BCUT2D eigenvalue weighted by Crippen LogP contribution is -1.95. The number of carbonyl (C=O) groups is 1. The van der Waals surface area contributed by atoms with Gasteiger partial charge in [0, 0.05) is 5.69 Å². The molecule has 0 aliphatic heterocycles. The molecule has 2 N–H and O–H groups in total. The first-order chi connectivity index (χ1) is 10.9. The van der Waals surface area contributed by atoms with E-state index < -0.39 is 0 Å². The van der Waals surface area contributed by atoms with Crippen LogP contribution in [0, 0.1) is 0 Å². The normalized spacial score (nSPS) is 12.2. The predicted molar refractivity (Wildman–Crippen MR) is 95.6 cm³/mol. The Bertz CT molecular complexity index is 717. The Morgan fingerprint density at radius 1 is 1.22 bits per heavy atom. The van der Waals surface area contributed by atoms with E-state index in [1.165, 1.54) is 30.7 Å². The second kappa shape index (κ2) is 7.61. The van der Waals surface area contributed by atoms with Gasteiger partial charge in [0.1, 0.15) is 5.76 Å². The summed E-state index contributed by atoms with van der Waals surface area (Å²) in [5.41, 5.74) is 2.21. The van der Waals surface area contributed by atoms with Crippen LogP contribution in [0.25, 0.3) is 0 Å². The molecule has 7 heteroatoms. The standard InChI is InChI=1S/C16H19N3O2S2/c1-9(2)12-5-7-13(8-6-12)17-15-18-19-16(23-15)22-14(10(3)20)11(4)21/h5-9,20H,1-4H3,(H,17,18)/b14-10-. The molecule has 0 aliphatic rings. The average molecular weight is 349 g/mol. The summed E-state index contributed by atoms with van der Waals surface area (Å²) >= 11 is 2.46. The van der Waals surface area contributed by atoms with Crippen LogP contribution in [0.4, 0.5) is 10.8 Å². The van der Waals surface area contributed by atoms with Gasteiger partial charge in [-0.05, 0) is 49.2 Å². The number of hydrogen-bond acceptors (Lipinski definition) is 7. The Morgan fingerprint density at radius 3 is 2.39 bits per heavy atom. The molecule has 0 atom stereocenters. The van der Waals surface area contributed by atoms with Crippen molar-refractivity contribution in [1.82, 2.24) is 10.2 Å². The molecule has 0 bridgehead atoms. The van der Waals surface area contributed by atoms with Crippen molar-refractivity contribution < 1.29 is 9.90 Å². The molecular formula is C16H19N3O2S2. The molecule has 2 rings (SSSR count). The van der Waals surface area contributed by atoms with E-state index in [4.69, 9.17) is 0 Å². The third-order valence-electron chi connectivity index (χ3n) is 3.07. The summed E-state index contributed by atoms with van der Waals surface area (Å²) in [6, 6.07) is 8.16. The topological polar surface area (TPSA) is 75.1 Å². The van der Waals surface area contributed by atoms with E-state index >= 15 is 0 Å². The summed E-state index contributed by atoms with van der Waals surface area (Å²) in [6.07, 6.45) is 0. The number of ketones is 1. The molecule has 122 valence electrons. The number of carbonyl (C=O) groups excluding carboxylic acids is 1. The van der Waals surface area contributed by atoms with Crippen molar-refractivity contribution in [2.75, 3.05) is 5.32 Å². The summed E-state index contributed by atoms with van der Waals surface area (Å²) in [6.45, 7) is 7.21. The van der Waals surface area contributed by atoms with Crippen molar-refractivity contribution in [2.24, 2.45) is 0 Å². The molecule has 1 heterocycles. The van der Waals surface area contributed by atoms with Crippen LogP contribution in [-0.4, -0.2) is 21.1 Å². The van der Waals surface area contributed by atoms with E-state index in [9.17, 15) is 9.90 Å². The number of rotatable bonds is 6. The smallest absolute Gasteiger partial charge is 0.210 e. The molecule has 0 unspecified atom stereocenters. The third kappa shape index (κ3) is 4.80. The highest BCUT2D eigenvalue weighted by atomic mass is 32.2. The van der Waals surface area contributed by atoms with Crippen LogP contribution >= 0.6 is 23.1 Å². The lowest BCUT2D eigenvalue weighted by atomic mass is 10.0. The van der Waals surface area contributed by atoms with E-state index in [2.05, 4.69) is 41.5 Å². The van der Waals surface area contributed by atoms with E-state index in [1.807, 2.05) is 12.1 Å². The minimum absolute atomic E-state index is 0.00326. The molecule has 5 nitrogen and oxygen atoms in total. The fraction of sp³-hybridized carbons (Fsp3) is 0.312. The number of aliphatic hydroxyl groups is 1. The monoisotopic (exact) mass is 349 g/mol. The Hall–Kier alpha value is -1.86.